The molecule has 0 unspecified atom stereocenters. The highest BCUT2D eigenvalue weighted by Gasteiger charge is 1.98. The summed E-state index contributed by atoms with van der Waals surface area (Å²) in [7, 11) is 0. The number of rotatable bonds is 15. The quantitative estimate of drug-likeness (QED) is 0.151. The van der Waals surface area contributed by atoms with Crippen LogP contribution in [0.1, 0.15) is 96.0 Å². The van der Waals surface area contributed by atoms with E-state index in [1.807, 2.05) is 18.2 Å². The van der Waals surface area contributed by atoms with E-state index in [1.54, 1.807) is 6.21 Å². The van der Waals surface area contributed by atoms with Gasteiger partial charge in [-0.3, -0.25) is 0 Å². The van der Waals surface area contributed by atoms with Crippen molar-refractivity contribution in [2.75, 3.05) is 0 Å². The second-order valence-electron chi connectivity index (χ2n) is 7.01. The smallest absolute Gasteiger partial charge is 0.0693 e. The fourth-order valence-corrected chi connectivity index (χ4v) is 3.18. The maximum atomic E-state index is 8.83. The van der Waals surface area contributed by atoms with Crippen LogP contribution in [0.3, 0.4) is 0 Å². The summed E-state index contributed by atoms with van der Waals surface area (Å²) in [5.41, 5.74) is 2.26. The van der Waals surface area contributed by atoms with Gasteiger partial charge in [0.15, 0.2) is 0 Å². The SMILES string of the molecule is CCCCCCCCCCCCCCC(=C/c1ccccc1)/C=N/O. The van der Waals surface area contributed by atoms with Gasteiger partial charge in [-0.2, -0.15) is 0 Å². The van der Waals surface area contributed by atoms with Crippen molar-refractivity contribution >= 4 is 12.3 Å². The van der Waals surface area contributed by atoms with Crippen molar-refractivity contribution in [1.29, 1.82) is 0 Å². The van der Waals surface area contributed by atoms with E-state index in [1.165, 1.54) is 77.0 Å². The van der Waals surface area contributed by atoms with E-state index in [2.05, 4.69) is 30.3 Å². The van der Waals surface area contributed by atoms with Crippen LogP contribution >= 0.6 is 0 Å². The molecule has 1 rings (SSSR count). The third-order valence-corrected chi connectivity index (χ3v) is 4.69. The molecule has 1 aromatic carbocycles. The second kappa shape index (κ2) is 15.9. The van der Waals surface area contributed by atoms with E-state index in [-0.39, 0.29) is 0 Å². The predicted octanol–water partition coefficient (Wildman–Crippen LogP) is 7.62. The standard InChI is InChI=1S/C23H37NO/c1-2-3-4-5-6-7-8-9-10-11-12-14-19-23(21-24-25)20-22-17-15-13-16-18-22/h13,15-18,20-21,25H,2-12,14,19H2,1H3/b23-20-,24-21+. The third-order valence-electron chi connectivity index (χ3n) is 4.69. The van der Waals surface area contributed by atoms with Crippen LogP contribution in [0.2, 0.25) is 0 Å². The maximum absolute atomic E-state index is 8.83. The maximum Gasteiger partial charge on any atom is 0.0693 e. The molecule has 1 aromatic rings. The lowest BCUT2D eigenvalue weighted by Gasteiger charge is -2.04. The molecule has 0 saturated heterocycles. The van der Waals surface area contributed by atoms with Crippen molar-refractivity contribution in [1.82, 2.24) is 0 Å². The van der Waals surface area contributed by atoms with Crippen molar-refractivity contribution in [3.05, 3.63) is 41.5 Å². The topological polar surface area (TPSA) is 32.6 Å². The predicted molar refractivity (Wildman–Crippen MR) is 110 cm³/mol. The molecule has 0 aliphatic heterocycles. The fraction of sp³-hybridized carbons (Fsp3) is 0.609. The van der Waals surface area contributed by atoms with Gasteiger partial charge in [-0.1, -0.05) is 119 Å². The van der Waals surface area contributed by atoms with Gasteiger partial charge < -0.3 is 5.21 Å². The number of hydrogen-bond acceptors (Lipinski definition) is 2. The normalized spacial score (nSPS) is 12.1. The molecule has 0 fully saturated rings. The van der Waals surface area contributed by atoms with Crippen LogP contribution in [0.5, 0.6) is 0 Å². The van der Waals surface area contributed by atoms with E-state index in [0.717, 1.165) is 17.6 Å². The molecular weight excluding hydrogens is 306 g/mol. The fourth-order valence-electron chi connectivity index (χ4n) is 3.18. The summed E-state index contributed by atoms with van der Waals surface area (Å²) in [6, 6.07) is 10.2. The largest absolute Gasteiger partial charge is 0.411 e. The monoisotopic (exact) mass is 343 g/mol. The summed E-state index contributed by atoms with van der Waals surface area (Å²) in [4.78, 5) is 0. The van der Waals surface area contributed by atoms with E-state index in [4.69, 9.17) is 5.21 Å². The molecule has 0 saturated carbocycles. The van der Waals surface area contributed by atoms with Crippen LogP contribution in [-0.2, 0) is 0 Å². The second-order valence-corrected chi connectivity index (χ2v) is 7.01. The Kier molecular flexibility index (Phi) is 13.7. The Morgan fingerprint density at radius 2 is 1.32 bits per heavy atom. The summed E-state index contributed by atoms with van der Waals surface area (Å²) in [5, 5.41) is 12.0. The van der Waals surface area contributed by atoms with Crippen LogP contribution in [0, 0.1) is 0 Å². The number of unbranched alkanes of at least 4 members (excludes halogenated alkanes) is 11. The van der Waals surface area contributed by atoms with Gasteiger partial charge in [-0.05, 0) is 24.0 Å². The zero-order valence-corrected chi connectivity index (χ0v) is 16.1. The Morgan fingerprint density at radius 3 is 1.84 bits per heavy atom. The minimum Gasteiger partial charge on any atom is -0.411 e. The average Bonchev–Trinajstić information content (AvgIpc) is 2.63. The molecular formula is C23H37NO. The average molecular weight is 344 g/mol. The van der Waals surface area contributed by atoms with Crippen molar-refractivity contribution < 1.29 is 5.21 Å². The molecule has 0 heterocycles. The molecule has 2 nitrogen and oxygen atoms in total. The minimum atomic E-state index is 0.983. The molecule has 0 spiro atoms. The molecule has 140 valence electrons. The van der Waals surface area contributed by atoms with Crippen LogP contribution in [0.15, 0.2) is 41.1 Å². The van der Waals surface area contributed by atoms with Gasteiger partial charge in [-0.25, -0.2) is 0 Å². The highest BCUT2D eigenvalue weighted by atomic mass is 16.4. The first-order valence-electron chi connectivity index (χ1n) is 10.3. The van der Waals surface area contributed by atoms with Gasteiger partial charge in [0.2, 0.25) is 0 Å². The third kappa shape index (κ3) is 12.4. The zero-order chi connectivity index (χ0) is 18.0. The molecule has 25 heavy (non-hydrogen) atoms. The van der Waals surface area contributed by atoms with Crippen molar-refractivity contribution in [3.8, 4) is 0 Å². The molecule has 0 bridgehead atoms. The van der Waals surface area contributed by atoms with Crippen LogP contribution in [-0.4, -0.2) is 11.4 Å². The number of hydrogen-bond donors (Lipinski definition) is 1. The molecule has 0 aromatic heterocycles. The number of allylic oxidation sites excluding steroid dienone is 1. The summed E-state index contributed by atoms with van der Waals surface area (Å²) < 4.78 is 0. The zero-order valence-electron chi connectivity index (χ0n) is 16.1. The number of benzene rings is 1. The lowest BCUT2D eigenvalue weighted by atomic mass is 10.0. The Balaban J connectivity index is 2.04. The first-order chi connectivity index (χ1) is 12.4. The van der Waals surface area contributed by atoms with Gasteiger partial charge in [-0.15, -0.1) is 0 Å². The van der Waals surface area contributed by atoms with Crippen LogP contribution < -0.4 is 0 Å². The van der Waals surface area contributed by atoms with Crippen LogP contribution in [0.25, 0.3) is 6.08 Å². The van der Waals surface area contributed by atoms with Crippen molar-refractivity contribution in [3.63, 3.8) is 0 Å². The lowest BCUT2D eigenvalue weighted by molar-refractivity contribution is 0.321. The van der Waals surface area contributed by atoms with Gasteiger partial charge in [0.25, 0.3) is 0 Å². The summed E-state index contributed by atoms with van der Waals surface area (Å²) in [6.07, 6.45) is 21.0. The first-order valence-corrected chi connectivity index (χ1v) is 10.3. The minimum absolute atomic E-state index is 0.983. The number of nitrogens with zero attached hydrogens (tertiary/aromatic N) is 1. The molecule has 0 amide bonds. The highest BCUT2D eigenvalue weighted by Crippen LogP contribution is 2.15. The van der Waals surface area contributed by atoms with Gasteiger partial charge in [0.1, 0.15) is 0 Å². The molecule has 1 N–H and O–H groups in total. The molecule has 0 aliphatic rings. The highest BCUT2D eigenvalue weighted by molar-refractivity contribution is 5.85. The molecule has 0 aliphatic carbocycles. The summed E-state index contributed by atoms with van der Waals surface area (Å²) >= 11 is 0. The first kappa shape index (κ1) is 21.5. The van der Waals surface area contributed by atoms with Gasteiger partial charge >= 0.3 is 0 Å². The molecule has 2 heteroatoms. The van der Waals surface area contributed by atoms with Crippen molar-refractivity contribution in [2.24, 2.45) is 5.16 Å². The Labute approximate surface area is 155 Å². The van der Waals surface area contributed by atoms with Crippen molar-refractivity contribution in [2.45, 2.75) is 90.4 Å². The summed E-state index contributed by atoms with van der Waals surface area (Å²) in [6.45, 7) is 2.27. The lowest BCUT2D eigenvalue weighted by Crippen LogP contribution is -1.88. The van der Waals surface area contributed by atoms with Gasteiger partial charge in [0, 0.05) is 0 Å². The number of oxime groups is 1. The Morgan fingerprint density at radius 1 is 0.800 bits per heavy atom. The van der Waals surface area contributed by atoms with E-state index in [9.17, 15) is 0 Å². The molecule has 0 atom stereocenters. The Bertz CT molecular complexity index is 464. The van der Waals surface area contributed by atoms with E-state index >= 15 is 0 Å². The Hall–Kier alpha value is -1.57. The van der Waals surface area contributed by atoms with Crippen LogP contribution in [0.4, 0.5) is 0 Å². The summed E-state index contributed by atoms with van der Waals surface area (Å²) in [5.74, 6) is 0. The van der Waals surface area contributed by atoms with E-state index < -0.39 is 0 Å². The molecule has 0 radical (unpaired) electrons. The van der Waals surface area contributed by atoms with Gasteiger partial charge in [0.05, 0.1) is 6.21 Å². The van der Waals surface area contributed by atoms with E-state index in [0.29, 0.717) is 0 Å².